The first kappa shape index (κ1) is 17.6. The molecule has 1 heterocycles. The van der Waals surface area contributed by atoms with Gasteiger partial charge < -0.3 is 20.1 Å². The molecule has 0 spiro atoms. The van der Waals surface area contributed by atoms with Crippen LogP contribution in [0.5, 0.6) is 11.5 Å². The van der Waals surface area contributed by atoms with Crippen molar-refractivity contribution in [2.24, 2.45) is 0 Å². The maximum Gasteiger partial charge on any atom is 0.322 e. The van der Waals surface area contributed by atoms with Crippen molar-refractivity contribution in [1.29, 1.82) is 0 Å². The van der Waals surface area contributed by atoms with Crippen LogP contribution in [-0.4, -0.2) is 44.8 Å². The summed E-state index contributed by atoms with van der Waals surface area (Å²) in [4.78, 5) is 26.0. The number of amides is 3. The molecule has 136 valence electrons. The zero-order valence-electron chi connectivity index (χ0n) is 14.5. The van der Waals surface area contributed by atoms with E-state index in [4.69, 9.17) is 9.47 Å². The number of carbonyl (C=O) groups excluding carboxylic acids is 2. The molecule has 1 saturated heterocycles. The average Bonchev–Trinajstić information content (AvgIpc) is 3.08. The molecule has 0 saturated carbocycles. The number of rotatable bonds is 7. The minimum absolute atomic E-state index is 0.236. The fourth-order valence-electron chi connectivity index (χ4n) is 2.67. The summed E-state index contributed by atoms with van der Waals surface area (Å²) in [6.45, 7) is 0.979. The van der Waals surface area contributed by atoms with Crippen molar-refractivity contribution in [3.63, 3.8) is 0 Å². The minimum Gasteiger partial charge on any atom is -0.497 e. The lowest BCUT2D eigenvalue weighted by molar-refractivity contribution is -0.122. The highest BCUT2D eigenvalue weighted by Gasteiger charge is 2.34. The number of hydrogen-bond acceptors (Lipinski definition) is 4. The van der Waals surface area contributed by atoms with E-state index in [-0.39, 0.29) is 18.5 Å². The van der Waals surface area contributed by atoms with Gasteiger partial charge in [-0.15, -0.1) is 0 Å². The quantitative estimate of drug-likeness (QED) is 0.742. The van der Waals surface area contributed by atoms with Gasteiger partial charge in [-0.05, 0) is 24.3 Å². The number of carbonyl (C=O) groups is 2. The van der Waals surface area contributed by atoms with Crippen LogP contribution < -0.4 is 25.0 Å². The SMILES string of the molecule is COc1cccc(N2CC(C(=O)NCCOc3ccccc3)NC2=O)c1. The number of benzene rings is 2. The molecule has 0 aromatic heterocycles. The lowest BCUT2D eigenvalue weighted by atomic mass is 10.2. The van der Waals surface area contributed by atoms with Gasteiger partial charge in [0, 0.05) is 11.8 Å². The third-order valence-electron chi connectivity index (χ3n) is 4.00. The summed E-state index contributed by atoms with van der Waals surface area (Å²) in [5.41, 5.74) is 0.685. The maximum absolute atomic E-state index is 12.3. The number of hydrogen-bond donors (Lipinski definition) is 2. The van der Waals surface area contributed by atoms with Crippen molar-refractivity contribution in [1.82, 2.24) is 10.6 Å². The Morgan fingerprint density at radius 3 is 2.73 bits per heavy atom. The van der Waals surface area contributed by atoms with Gasteiger partial charge in [0.2, 0.25) is 5.91 Å². The molecule has 7 nitrogen and oxygen atoms in total. The van der Waals surface area contributed by atoms with E-state index in [0.717, 1.165) is 5.75 Å². The Bertz CT molecular complexity index is 766. The van der Waals surface area contributed by atoms with Crippen LogP contribution in [0.4, 0.5) is 10.5 Å². The van der Waals surface area contributed by atoms with E-state index in [9.17, 15) is 9.59 Å². The lowest BCUT2D eigenvalue weighted by Gasteiger charge is -2.15. The van der Waals surface area contributed by atoms with Gasteiger partial charge >= 0.3 is 6.03 Å². The summed E-state index contributed by atoms with van der Waals surface area (Å²) in [5.74, 6) is 1.17. The predicted octanol–water partition coefficient (Wildman–Crippen LogP) is 1.79. The molecule has 1 atom stereocenters. The first-order chi connectivity index (χ1) is 12.7. The molecule has 0 aliphatic carbocycles. The van der Waals surface area contributed by atoms with Crippen LogP contribution in [0.1, 0.15) is 0 Å². The van der Waals surface area contributed by atoms with Gasteiger partial charge in [-0.2, -0.15) is 0 Å². The second-order valence-electron chi connectivity index (χ2n) is 5.77. The summed E-state index contributed by atoms with van der Waals surface area (Å²) < 4.78 is 10.7. The Labute approximate surface area is 151 Å². The molecule has 0 bridgehead atoms. The topological polar surface area (TPSA) is 79.9 Å². The van der Waals surface area contributed by atoms with Gasteiger partial charge in [0.15, 0.2) is 0 Å². The second kappa shape index (κ2) is 8.24. The normalized spacial score (nSPS) is 16.1. The van der Waals surface area contributed by atoms with E-state index in [0.29, 0.717) is 24.6 Å². The zero-order valence-corrected chi connectivity index (χ0v) is 14.5. The summed E-state index contributed by atoms with van der Waals surface area (Å²) in [6, 6.07) is 15.6. The molecule has 1 aliphatic heterocycles. The van der Waals surface area contributed by atoms with Crippen molar-refractivity contribution in [2.75, 3.05) is 31.7 Å². The Morgan fingerprint density at radius 2 is 1.96 bits per heavy atom. The fourth-order valence-corrected chi connectivity index (χ4v) is 2.67. The zero-order chi connectivity index (χ0) is 18.4. The Kier molecular flexibility index (Phi) is 5.58. The van der Waals surface area contributed by atoms with Gasteiger partial charge in [0.05, 0.1) is 20.2 Å². The standard InChI is InChI=1S/C19H21N3O4/c1-25-16-9-5-6-14(12-16)22-13-17(21-19(22)24)18(23)20-10-11-26-15-7-3-2-4-8-15/h2-9,12,17H,10-11,13H2,1H3,(H,20,23)(H,21,24). The first-order valence-electron chi connectivity index (χ1n) is 8.35. The number of ether oxygens (including phenoxy) is 2. The lowest BCUT2D eigenvalue weighted by Crippen LogP contribution is -2.44. The van der Waals surface area contributed by atoms with Crippen LogP contribution >= 0.6 is 0 Å². The molecule has 2 aromatic carbocycles. The van der Waals surface area contributed by atoms with Crippen molar-refractivity contribution in [3.05, 3.63) is 54.6 Å². The summed E-state index contributed by atoms with van der Waals surface area (Å²) in [5, 5.41) is 5.47. The fraction of sp³-hybridized carbons (Fsp3) is 0.263. The molecule has 26 heavy (non-hydrogen) atoms. The molecule has 2 N–H and O–H groups in total. The highest BCUT2D eigenvalue weighted by atomic mass is 16.5. The number of nitrogens with one attached hydrogen (secondary N) is 2. The van der Waals surface area contributed by atoms with Crippen LogP contribution in [0.15, 0.2) is 54.6 Å². The van der Waals surface area contributed by atoms with E-state index in [2.05, 4.69) is 10.6 Å². The molecular formula is C19H21N3O4. The Hall–Kier alpha value is -3.22. The van der Waals surface area contributed by atoms with Crippen molar-refractivity contribution >= 4 is 17.6 Å². The minimum atomic E-state index is -0.606. The monoisotopic (exact) mass is 355 g/mol. The third-order valence-corrected chi connectivity index (χ3v) is 4.00. The molecule has 1 aliphatic rings. The molecule has 2 aromatic rings. The van der Waals surface area contributed by atoms with E-state index < -0.39 is 6.04 Å². The van der Waals surface area contributed by atoms with E-state index >= 15 is 0 Å². The Balaban J connectivity index is 1.49. The molecule has 1 fully saturated rings. The van der Waals surface area contributed by atoms with Crippen molar-refractivity contribution < 1.29 is 19.1 Å². The predicted molar refractivity (Wildman–Crippen MR) is 97.6 cm³/mol. The van der Waals surface area contributed by atoms with Crippen LogP contribution in [0.3, 0.4) is 0 Å². The first-order valence-corrected chi connectivity index (χ1v) is 8.35. The van der Waals surface area contributed by atoms with Gasteiger partial charge in [0.25, 0.3) is 0 Å². The number of para-hydroxylation sites is 1. The number of nitrogens with zero attached hydrogens (tertiary/aromatic N) is 1. The second-order valence-corrected chi connectivity index (χ2v) is 5.77. The molecule has 7 heteroatoms. The summed E-state index contributed by atoms with van der Waals surface area (Å²) >= 11 is 0. The van der Waals surface area contributed by atoms with Gasteiger partial charge in [-0.1, -0.05) is 24.3 Å². The molecule has 3 amide bonds. The van der Waals surface area contributed by atoms with Gasteiger partial charge in [0.1, 0.15) is 24.1 Å². The van der Waals surface area contributed by atoms with Crippen LogP contribution in [0.2, 0.25) is 0 Å². The third kappa shape index (κ3) is 4.24. The summed E-state index contributed by atoms with van der Waals surface area (Å²) in [7, 11) is 1.57. The summed E-state index contributed by atoms with van der Waals surface area (Å²) in [6.07, 6.45) is 0. The van der Waals surface area contributed by atoms with Crippen molar-refractivity contribution in [3.8, 4) is 11.5 Å². The average molecular weight is 355 g/mol. The molecule has 1 unspecified atom stereocenters. The van der Waals surface area contributed by atoms with Gasteiger partial charge in [-0.3, -0.25) is 9.69 Å². The molecular weight excluding hydrogens is 334 g/mol. The van der Waals surface area contributed by atoms with E-state index in [1.165, 1.54) is 4.90 Å². The highest BCUT2D eigenvalue weighted by molar-refractivity contribution is 6.00. The highest BCUT2D eigenvalue weighted by Crippen LogP contribution is 2.23. The van der Waals surface area contributed by atoms with Crippen LogP contribution in [0.25, 0.3) is 0 Å². The smallest absolute Gasteiger partial charge is 0.322 e. The largest absolute Gasteiger partial charge is 0.497 e. The molecule has 3 rings (SSSR count). The number of urea groups is 1. The maximum atomic E-state index is 12.3. The van der Waals surface area contributed by atoms with Gasteiger partial charge in [-0.25, -0.2) is 4.79 Å². The van der Waals surface area contributed by atoms with E-state index in [1.807, 2.05) is 30.3 Å². The number of anilines is 1. The molecule has 0 radical (unpaired) electrons. The van der Waals surface area contributed by atoms with E-state index in [1.54, 1.807) is 31.4 Å². The number of methoxy groups -OCH3 is 1. The Morgan fingerprint density at radius 1 is 1.19 bits per heavy atom. The van der Waals surface area contributed by atoms with Crippen LogP contribution in [-0.2, 0) is 4.79 Å². The van der Waals surface area contributed by atoms with Crippen LogP contribution in [0, 0.1) is 0 Å². The van der Waals surface area contributed by atoms with Crippen molar-refractivity contribution in [2.45, 2.75) is 6.04 Å².